The number of sulfonamides is 1. The summed E-state index contributed by atoms with van der Waals surface area (Å²) in [7, 11) is 5.62. The fourth-order valence-electron chi connectivity index (χ4n) is 5.85. The van der Waals surface area contributed by atoms with E-state index in [-0.39, 0.29) is 36.6 Å². The summed E-state index contributed by atoms with van der Waals surface area (Å²) in [6, 6.07) is 4.36. The van der Waals surface area contributed by atoms with E-state index in [0.29, 0.717) is 28.8 Å². The number of benzene rings is 1. The summed E-state index contributed by atoms with van der Waals surface area (Å²) in [6.07, 6.45) is 5.61. The number of rotatable bonds is 12. The second-order valence-electron chi connectivity index (χ2n) is 11.3. The monoisotopic (exact) mass is 552 g/mol. The van der Waals surface area contributed by atoms with Gasteiger partial charge in [0.15, 0.2) is 0 Å². The molecule has 10 heteroatoms. The number of amides is 1. The van der Waals surface area contributed by atoms with Crippen molar-refractivity contribution in [2.24, 2.45) is 5.92 Å². The molecule has 1 unspecified atom stereocenters. The predicted octanol–water partition coefficient (Wildman–Crippen LogP) is 2.60. The number of likely N-dealkylation sites (N-methyl/N-ethyl adjacent to an activating group) is 3. The third kappa shape index (κ3) is 7.69. The molecule has 1 saturated heterocycles. The zero-order valence-corrected chi connectivity index (χ0v) is 25.2. The van der Waals surface area contributed by atoms with Crippen LogP contribution in [0.2, 0.25) is 0 Å². The van der Waals surface area contributed by atoms with Gasteiger partial charge in [-0.25, -0.2) is 8.42 Å². The molecule has 38 heavy (non-hydrogen) atoms. The minimum atomic E-state index is -3.68. The van der Waals surface area contributed by atoms with Crippen LogP contribution < -0.4 is 4.74 Å². The van der Waals surface area contributed by atoms with E-state index in [0.717, 1.165) is 25.7 Å². The van der Waals surface area contributed by atoms with Crippen LogP contribution in [0.5, 0.6) is 5.75 Å². The van der Waals surface area contributed by atoms with Crippen LogP contribution in [-0.4, -0.2) is 120 Å². The smallest absolute Gasteiger partial charge is 0.248 e. The Morgan fingerprint density at radius 3 is 2.18 bits per heavy atom. The molecule has 1 heterocycles. The van der Waals surface area contributed by atoms with Crippen LogP contribution in [0.1, 0.15) is 43.2 Å². The lowest BCUT2D eigenvalue weighted by Crippen LogP contribution is -2.43. The normalized spacial score (nSPS) is 22.8. The second kappa shape index (κ2) is 13.6. The van der Waals surface area contributed by atoms with Gasteiger partial charge >= 0.3 is 0 Å². The number of nitrogens with zero attached hydrogens (tertiary/aromatic N) is 4. The maximum absolute atomic E-state index is 13.1. The molecule has 1 saturated carbocycles. The Hall–Kier alpha value is -1.72. The van der Waals surface area contributed by atoms with Crippen LogP contribution in [-0.2, 0) is 19.6 Å². The molecule has 1 atom stereocenters. The first-order valence-electron chi connectivity index (χ1n) is 13.8. The maximum atomic E-state index is 13.1. The van der Waals surface area contributed by atoms with Gasteiger partial charge in [0.05, 0.1) is 18.6 Å². The predicted molar refractivity (Wildman–Crippen MR) is 150 cm³/mol. The standard InChI is InChI=1S/C28H48N4O5S/c1-21-16-26(36-7)17-22(2)28(21)38(34,35)30(5)14-15-37-20-27(33)31(6)24-10-8-23(9-11-24)18-32-13-12-25(19-32)29(3)4/h16-17,23-25H,8-15,18-20H2,1-7H3/t23-,24-,25?. The molecular formula is C28H48N4O5S. The zero-order chi connectivity index (χ0) is 28.0. The molecule has 3 rings (SSSR count). The third-order valence-electron chi connectivity index (χ3n) is 8.37. The Labute approximate surface area is 230 Å². The molecule has 0 N–H and O–H groups in total. The van der Waals surface area contributed by atoms with Gasteiger partial charge in [0.25, 0.3) is 0 Å². The SMILES string of the molecule is COc1cc(C)c(S(=O)(=O)N(C)CCOCC(=O)N(C)[C@H]2CC[C@H](CN3CCC(N(C)C)C3)CC2)c(C)c1. The Kier molecular flexibility index (Phi) is 11.0. The molecule has 2 fully saturated rings. The first-order valence-corrected chi connectivity index (χ1v) is 15.2. The van der Waals surface area contributed by atoms with Crippen molar-refractivity contribution < 1.29 is 22.7 Å². The summed E-state index contributed by atoms with van der Waals surface area (Å²) in [5.41, 5.74) is 1.28. The van der Waals surface area contributed by atoms with E-state index < -0.39 is 10.0 Å². The van der Waals surface area contributed by atoms with Crippen LogP contribution in [0.4, 0.5) is 0 Å². The lowest BCUT2D eigenvalue weighted by Gasteiger charge is -2.36. The van der Waals surface area contributed by atoms with Gasteiger partial charge in [-0.1, -0.05) is 0 Å². The van der Waals surface area contributed by atoms with Crippen molar-refractivity contribution in [3.8, 4) is 5.75 Å². The lowest BCUT2D eigenvalue weighted by atomic mass is 9.85. The summed E-state index contributed by atoms with van der Waals surface area (Å²) >= 11 is 0. The lowest BCUT2D eigenvalue weighted by molar-refractivity contribution is -0.137. The Morgan fingerprint density at radius 2 is 1.63 bits per heavy atom. The summed E-state index contributed by atoms with van der Waals surface area (Å²) in [5, 5.41) is 0. The van der Waals surface area contributed by atoms with Crippen LogP contribution in [0.3, 0.4) is 0 Å². The first-order chi connectivity index (χ1) is 17.9. The summed E-state index contributed by atoms with van der Waals surface area (Å²) in [4.78, 5) is 19.8. The van der Waals surface area contributed by atoms with E-state index in [1.54, 1.807) is 33.1 Å². The molecular weight excluding hydrogens is 504 g/mol. The number of aryl methyl sites for hydroxylation is 2. The van der Waals surface area contributed by atoms with E-state index >= 15 is 0 Å². The number of hydrogen-bond acceptors (Lipinski definition) is 7. The Balaban J connectivity index is 1.39. The Bertz CT molecular complexity index is 1020. The number of methoxy groups -OCH3 is 1. The van der Waals surface area contributed by atoms with Gasteiger partial charge in [0.1, 0.15) is 12.4 Å². The molecule has 0 aromatic heterocycles. The number of carbonyl (C=O) groups excluding carboxylic acids is 1. The molecule has 2 aliphatic rings. The highest BCUT2D eigenvalue weighted by molar-refractivity contribution is 7.89. The molecule has 0 radical (unpaired) electrons. The average Bonchev–Trinajstić information content (AvgIpc) is 3.34. The molecule has 1 aromatic carbocycles. The fraction of sp³-hybridized carbons (Fsp3) is 0.750. The molecule has 1 aromatic rings. The molecule has 0 spiro atoms. The van der Waals surface area contributed by atoms with E-state index in [1.807, 2.05) is 11.9 Å². The van der Waals surface area contributed by atoms with Crippen molar-refractivity contribution in [1.29, 1.82) is 0 Å². The van der Waals surface area contributed by atoms with Crippen LogP contribution in [0, 0.1) is 19.8 Å². The highest BCUT2D eigenvalue weighted by Gasteiger charge is 2.30. The van der Waals surface area contributed by atoms with Crippen molar-refractivity contribution in [1.82, 2.24) is 19.0 Å². The largest absolute Gasteiger partial charge is 0.497 e. The Morgan fingerprint density at radius 1 is 1.00 bits per heavy atom. The van der Waals surface area contributed by atoms with Gasteiger partial charge in [-0.15, -0.1) is 0 Å². The second-order valence-corrected chi connectivity index (χ2v) is 13.3. The average molecular weight is 553 g/mol. The molecule has 1 aliphatic heterocycles. The highest BCUT2D eigenvalue weighted by Crippen LogP contribution is 2.30. The third-order valence-corrected chi connectivity index (χ3v) is 10.5. The summed E-state index contributed by atoms with van der Waals surface area (Å²) < 4.78 is 38.4. The van der Waals surface area contributed by atoms with Crippen molar-refractivity contribution in [3.63, 3.8) is 0 Å². The van der Waals surface area contributed by atoms with Crippen molar-refractivity contribution >= 4 is 15.9 Å². The molecule has 1 aliphatic carbocycles. The van der Waals surface area contributed by atoms with Gasteiger partial charge in [0, 0.05) is 45.8 Å². The summed E-state index contributed by atoms with van der Waals surface area (Å²) in [6.45, 7) is 7.34. The van der Waals surface area contributed by atoms with Gasteiger partial charge in [-0.3, -0.25) is 4.79 Å². The van der Waals surface area contributed by atoms with Crippen LogP contribution in [0.25, 0.3) is 0 Å². The topological polar surface area (TPSA) is 82.6 Å². The number of ether oxygens (including phenoxy) is 2. The maximum Gasteiger partial charge on any atom is 0.248 e. The summed E-state index contributed by atoms with van der Waals surface area (Å²) in [5.74, 6) is 1.29. The van der Waals surface area contributed by atoms with Crippen molar-refractivity contribution in [3.05, 3.63) is 23.3 Å². The number of hydrogen-bond donors (Lipinski definition) is 0. The van der Waals surface area contributed by atoms with E-state index in [1.165, 1.54) is 37.4 Å². The van der Waals surface area contributed by atoms with Crippen molar-refractivity contribution in [2.75, 3.05) is 74.7 Å². The van der Waals surface area contributed by atoms with E-state index in [4.69, 9.17) is 9.47 Å². The minimum absolute atomic E-state index is 0.0371. The van der Waals surface area contributed by atoms with Crippen LogP contribution in [0.15, 0.2) is 17.0 Å². The zero-order valence-electron chi connectivity index (χ0n) is 24.4. The van der Waals surface area contributed by atoms with Crippen LogP contribution >= 0.6 is 0 Å². The first kappa shape index (κ1) is 30.8. The molecule has 0 bridgehead atoms. The molecule has 216 valence electrons. The number of likely N-dealkylation sites (tertiary alicyclic amines) is 1. The van der Waals surface area contributed by atoms with Crippen molar-refractivity contribution in [2.45, 2.75) is 62.9 Å². The van der Waals surface area contributed by atoms with Gasteiger partial charge in [0.2, 0.25) is 15.9 Å². The fourth-order valence-corrected chi connectivity index (χ4v) is 7.41. The van der Waals surface area contributed by atoms with Gasteiger partial charge in [-0.2, -0.15) is 4.31 Å². The van der Waals surface area contributed by atoms with Gasteiger partial charge < -0.3 is 24.2 Å². The highest BCUT2D eigenvalue weighted by atomic mass is 32.2. The molecule has 9 nitrogen and oxygen atoms in total. The van der Waals surface area contributed by atoms with Gasteiger partial charge in [-0.05, 0) is 95.8 Å². The molecule has 1 amide bonds. The number of carbonyl (C=O) groups is 1. The minimum Gasteiger partial charge on any atom is -0.497 e. The van der Waals surface area contributed by atoms with E-state index in [2.05, 4.69) is 23.9 Å². The van der Waals surface area contributed by atoms with E-state index in [9.17, 15) is 13.2 Å². The quantitative estimate of drug-likeness (QED) is 0.369.